The standard InChI is InChI=1S/C18H21N3O2/c19-9-11-21(10-8-15-5-2-1-3-6-15)14-16-13-18(23-20-16)17-7-4-12-22-17/h1-7,12-13H,8-11,14,19H2. The monoisotopic (exact) mass is 311 g/mol. The molecule has 0 amide bonds. The van der Waals surface area contributed by atoms with Crippen LogP contribution >= 0.6 is 0 Å². The van der Waals surface area contributed by atoms with Crippen LogP contribution in [0.2, 0.25) is 0 Å². The summed E-state index contributed by atoms with van der Waals surface area (Å²) in [5, 5.41) is 4.13. The van der Waals surface area contributed by atoms with Crippen molar-refractivity contribution in [2.24, 2.45) is 5.73 Å². The average Bonchev–Trinajstić information content (AvgIpc) is 3.25. The van der Waals surface area contributed by atoms with Crippen LogP contribution in [0.1, 0.15) is 11.3 Å². The number of nitrogens with zero attached hydrogens (tertiary/aromatic N) is 2. The lowest BCUT2D eigenvalue weighted by atomic mass is 10.1. The van der Waals surface area contributed by atoms with Crippen molar-refractivity contribution < 1.29 is 8.94 Å². The largest absolute Gasteiger partial charge is 0.461 e. The zero-order valence-electron chi connectivity index (χ0n) is 13.0. The predicted octanol–water partition coefficient (Wildman–Crippen LogP) is 2.94. The normalized spacial score (nSPS) is 11.2. The van der Waals surface area contributed by atoms with Crippen molar-refractivity contribution in [3.8, 4) is 11.5 Å². The summed E-state index contributed by atoms with van der Waals surface area (Å²) in [6.07, 6.45) is 2.61. The van der Waals surface area contributed by atoms with Gasteiger partial charge in [0, 0.05) is 32.2 Å². The van der Waals surface area contributed by atoms with Crippen molar-refractivity contribution in [1.82, 2.24) is 10.1 Å². The van der Waals surface area contributed by atoms with Crippen LogP contribution in [0.15, 0.2) is 63.7 Å². The van der Waals surface area contributed by atoms with Crippen molar-refractivity contribution in [3.63, 3.8) is 0 Å². The van der Waals surface area contributed by atoms with Gasteiger partial charge >= 0.3 is 0 Å². The van der Waals surface area contributed by atoms with E-state index in [2.05, 4.69) is 34.3 Å². The van der Waals surface area contributed by atoms with E-state index in [4.69, 9.17) is 14.7 Å². The molecule has 0 aliphatic rings. The van der Waals surface area contributed by atoms with E-state index in [1.807, 2.05) is 24.3 Å². The van der Waals surface area contributed by atoms with Gasteiger partial charge in [-0.2, -0.15) is 0 Å². The molecule has 2 heterocycles. The third kappa shape index (κ3) is 4.31. The highest BCUT2D eigenvalue weighted by molar-refractivity contribution is 5.49. The van der Waals surface area contributed by atoms with E-state index < -0.39 is 0 Å². The number of benzene rings is 1. The van der Waals surface area contributed by atoms with Gasteiger partial charge in [-0.25, -0.2) is 0 Å². The van der Waals surface area contributed by atoms with E-state index in [9.17, 15) is 0 Å². The third-order valence-electron chi connectivity index (χ3n) is 3.71. The minimum absolute atomic E-state index is 0.623. The van der Waals surface area contributed by atoms with Gasteiger partial charge in [-0.05, 0) is 24.1 Å². The van der Waals surface area contributed by atoms with Gasteiger partial charge in [-0.3, -0.25) is 4.90 Å². The summed E-state index contributed by atoms with van der Waals surface area (Å²) in [6, 6.07) is 16.1. The highest BCUT2D eigenvalue weighted by Gasteiger charge is 2.12. The molecule has 0 spiro atoms. The first-order chi connectivity index (χ1) is 11.3. The lowest BCUT2D eigenvalue weighted by molar-refractivity contribution is 0.266. The van der Waals surface area contributed by atoms with Crippen LogP contribution in [0.25, 0.3) is 11.5 Å². The second kappa shape index (κ2) is 7.76. The van der Waals surface area contributed by atoms with Gasteiger partial charge < -0.3 is 14.7 Å². The number of furan rings is 1. The van der Waals surface area contributed by atoms with Crippen LogP contribution in [0.5, 0.6) is 0 Å². The lowest BCUT2D eigenvalue weighted by Crippen LogP contribution is -2.31. The molecule has 0 fully saturated rings. The first-order valence-electron chi connectivity index (χ1n) is 7.81. The Morgan fingerprint density at radius 1 is 1.00 bits per heavy atom. The minimum atomic E-state index is 0.623. The van der Waals surface area contributed by atoms with Crippen LogP contribution in [-0.2, 0) is 13.0 Å². The Morgan fingerprint density at radius 2 is 1.87 bits per heavy atom. The van der Waals surface area contributed by atoms with Crippen LogP contribution in [-0.4, -0.2) is 29.7 Å². The van der Waals surface area contributed by atoms with Crippen LogP contribution in [0, 0.1) is 0 Å². The molecule has 3 aromatic rings. The molecule has 0 atom stereocenters. The molecule has 0 radical (unpaired) electrons. The van der Waals surface area contributed by atoms with Crippen molar-refractivity contribution in [2.75, 3.05) is 19.6 Å². The van der Waals surface area contributed by atoms with E-state index >= 15 is 0 Å². The first-order valence-corrected chi connectivity index (χ1v) is 7.81. The summed E-state index contributed by atoms with van der Waals surface area (Å²) in [5.74, 6) is 1.35. The average molecular weight is 311 g/mol. The molecule has 1 aromatic carbocycles. The van der Waals surface area contributed by atoms with E-state index in [1.165, 1.54) is 5.56 Å². The topological polar surface area (TPSA) is 68.4 Å². The molecule has 2 N–H and O–H groups in total. The third-order valence-corrected chi connectivity index (χ3v) is 3.71. The maximum absolute atomic E-state index is 5.73. The number of hydrogen-bond acceptors (Lipinski definition) is 5. The molecule has 0 bridgehead atoms. The molecule has 5 heteroatoms. The highest BCUT2D eigenvalue weighted by atomic mass is 16.5. The molecule has 120 valence electrons. The van der Waals surface area contributed by atoms with Gasteiger partial charge in [0.25, 0.3) is 0 Å². The summed E-state index contributed by atoms with van der Waals surface area (Å²) in [4.78, 5) is 2.29. The summed E-state index contributed by atoms with van der Waals surface area (Å²) >= 11 is 0. The van der Waals surface area contributed by atoms with Gasteiger partial charge in [-0.15, -0.1) is 0 Å². The zero-order valence-corrected chi connectivity index (χ0v) is 13.0. The molecule has 23 heavy (non-hydrogen) atoms. The summed E-state index contributed by atoms with van der Waals surface area (Å²) in [6.45, 7) is 3.10. The molecule has 5 nitrogen and oxygen atoms in total. The highest BCUT2D eigenvalue weighted by Crippen LogP contribution is 2.21. The van der Waals surface area contributed by atoms with E-state index in [-0.39, 0.29) is 0 Å². The maximum Gasteiger partial charge on any atom is 0.202 e. The molecule has 0 saturated carbocycles. The Bertz CT molecular complexity index is 692. The van der Waals surface area contributed by atoms with Gasteiger partial charge in [0.1, 0.15) is 0 Å². The number of aromatic nitrogens is 1. The smallest absolute Gasteiger partial charge is 0.202 e. The number of hydrogen-bond donors (Lipinski definition) is 1. The Hall–Kier alpha value is -2.37. The van der Waals surface area contributed by atoms with Gasteiger partial charge in [0.15, 0.2) is 5.76 Å². The van der Waals surface area contributed by atoms with Crippen LogP contribution in [0.3, 0.4) is 0 Å². The van der Waals surface area contributed by atoms with E-state index in [1.54, 1.807) is 6.26 Å². The Balaban J connectivity index is 1.60. The lowest BCUT2D eigenvalue weighted by Gasteiger charge is -2.20. The Morgan fingerprint density at radius 3 is 2.61 bits per heavy atom. The molecular weight excluding hydrogens is 290 g/mol. The van der Waals surface area contributed by atoms with Crippen molar-refractivity contribution in [3.05, 3.63) is 66.1 Å². The fraction of sp³-hybridized carbons (Fsp3) is 0.278. The number of rotatable bonds is 8. The Kier molecular flexibility index (Phi) is 5.24. The molecular formula is C18H21N3O2. The van der Waals surface area contributed by atoms with Gasteiger partial charge in [-0.1, -0.05) is 35.5 Å². The molecule has 0 saturated heterocycles. The van der Waals surface area contributed by atoms with Crippen molar-refractivity contribution >= 4 is 0 Å². The van der Waals surface area contributed by atoms with Crippen molar-refractivity contribution in [1.29, 1.82) is 0 Å². The summed E-state index contributed by atoms with van der Waals surface area (Å²) in [5.41, 5.74) is 7.95. The van der Waals surface area contributed by atoms with E-state index in [0.29, 0.717) is 24.6 Å². The second-order valence-electron chi connectivity index (χ2n) is 5.46. The quantitative estimate of drug-likeness (QED) is 0.692. The molecule has 0 aliphatic carbocycles. The van der Waals surface area contributed by atoms with Crippen molar-refractivity contribution in [2.45, 2.75) is 13.0 Å². The summed E-state index contributed by atoms with van der Waals surface area (Å²) < 4.78 is 10.7. The maximum atomic E-state index is 5.73. The molecule has 2 aromatic heterocycles. The minimum Gasteiger partial charge on any atom is -0.461 e. The second-order valence-corrected chi connectivity index (χ2v) is 5.46. The van der Waals surface area contributed by atoms with Crippen LogP contribution < -0.4 is 5.73 Å². The van der Waals surface area contributed by atoms with Gasteiger partial charge in [0.05, 0.1) is 12.0 Å². The fourth-order valence-corrected chi connectivity index (χ4v) is 2.53. The Labute approximate surface area is 135 Å². The van der Waals surface area contributed by atoms with E-state index in [0.717, 1.165) is 25.2 Å². The van der Waals surface area contributed by atoms with Crippen LogP contribution in [0.4, 0.5) is 0 Å². The summed E-state index contributed by atoms with van der Waals surface area (Å²) in [7, 11) is 0. The zero-order chi connectivity index (χ0) is 15.9. The number of nitrogens with two attached hydrogens (primary N) is 1. The molecule has 0 aliphatic heterocycles. The first kappa shape index (κ1) is 15.5. The SMILES string of the molecule is NCCN(CCc1ccccc1)Cc1cc(-c2ccco2)on1. The fourth-order valence-electron chi connectivity index (χ4n) is 2.53. The van der Waals surface area contributed by atoms with Gasteiger partial charge in [0.2, 0.25) is 5.76 Å². The predicted molar refractivity (Wildman–Crippen MR) is 88.7 cm³/mol. The molecule has 3 rings (SSSR count). The molecule has 0 unspecified atom stereocenters.